The predicted octanol–water partition coefficient (Wildman–Crippen LogP) is -1.03. The summed E-state index contributed by atoms with van der Waals surface area (Å²) in [5.41, 5.74) is 1.18. The van der Waals surface area contributed by atoms with Gasteiger partial charge in [0, 0.05) is 12.7 Å². The molecule has 0 amide bonds. The molecule has 1 saturated heterocycles. The van der Waals surface area contributed by atoms with E-state index in [1.165, 1.54) is 5.70 Å². The molecular weight excluding hydrogens is 496 g/mol. The van der Waals surface area contributed by atoms with Crippen molar-refractivity contribution in [3.05, 3.63) is 11.9 Å². The number of hydrogen-bond acceptors (Lipinski definition) is 4. The molecule has 0 saturated carbocycles. The molecule has 0 aromatic heterocycles. The summed E-state index contributed by atoms with van der Waals surface area (Å²) in [6.45, 7) is 1.82. The molecule has 62 valence electrons. The van der Waals surface area contributed by atoms with Crippen molar-refractivity contribution in [2.45, 2.75) is 6.04 Å². The number of nitrogens with one attached hydrogen (secondary N) is 3. The van der Waals surface area contributed by atoms with Crippen LogP contribution in [0.15, 0.2) is 16.9 Å². The molecule has 1 atom stereocenters. The summed E-state index contributed by atoms with van der Waals surface area (Å²) >= 11 is 0. The number of nitrogens with zero attached hydrogens (tertiary/aromatic N) is 1. The average molecular weight is 506 g/mol. The van der Waals surface area contributed by atoms with Crippen LogP contribution in [0.1, 0.15) is 0 Å². The largest absolute Gasteiger partial charge is 2.00 e. The van der Waals surface area contributed by atoms with E-state index < -0.39 is 0 Å². The molecule has 0 radical (unpaired) electrons. The van der Waals surface area contributed by atoms with Crippen molar-refractivity contribution in [2.24, 2.45) is 4.99 Å². The predicted molar refractivity (Wildman–Crippen MR) is 39.5 cm³/mol. The fourth-order valence-electron chi connectivity index (χ4n) is 1.15. The Labute approximate surface area is 100 Å². The smallest absolute Gasteiger partial charge is 0.373 e. The van der Waals surface area contributed by atoms with Gasteiger partial charge in [-0.2, -0.15) is 0 Å². The topological polar surface area (TPSA) is 48.5 Å². The van der Waals surface area contributed by atoms with Gasteiger partial charge in [0.2, 0.25) is 0 Å². The second kappa shape index (κ2) is 5.90. The molecule has 3 N–H and O–H groups in total. The molecule has 0 aromatic rings. The minimum Gasteiger partial charge on any atom is -0.373 e. The van der Waals surface area contributed by atoms with E-state index in [0.717, 1.165) is 13.2 Å². The molecule has 2 aliphatic rings. The Hall–Kier alpha value is 0.347. The molecule has 4 nitrogen and oxygen atoms in total. The van der Waals surface area contributed by atoms with Gasteiger partial charge in [-0.05, 0) is 0 Å². The molecule has 2 rings (SSSR count). The Bertz CT molecular complexity index is 192. The standard InChI is InChI=1S/C6H10N4.2W/c1-5-6(10-3-7-1)2-8-4-9-5;;/h1,3,6,8-9H,2,4H2,(H,7,10);;/q;2*+2. The second-order valence-electron chi connectivity index (χ2n) is 2.39. The molecular formula is C6H10N4W2+4. The van der Waals surface area contributed by atoms with Gasteiger partial charge in [0.15, 0.2) is 0 Å². The van der Waals surface area contributed by atoms with Crippen LogP contribution in [0.3, 0.4) is 0 Å². The van der Waals surface area contributed by atoms with Crippen LogP contribution in [-0.2, 0) is 42.1 Å². The minimum atomic E-state index is 0. The first kappa shape index (κ1) is 12.3. The summed E-state index contributed by atoms with van der Waals surface area (Å²) in [7, 11) is 0. The zero-order chi connectivity index (χ0) is 6.81. The third-order valence-corrected chi connectivity index (χ3v) is 1.71. The Morgan fingerprint density at radius 3 is 3.00 bits per heavy atom. The second-order valence-corrected chi connectivity index (χ2v) is 2.39. The normalized spacial score (nSPS) is 24.7. The van der Waals surface area contributed by atoms with Gasteiger partial charge in [-0.25, -0.2) is 4.99 Å². The van der Waals surface area contributed by atoms with Crippen LogP contribution in [0.5, 0.6) is 0 Å². The van der Waals surface area contributed by atoms with E-state index in [1.54, 1.807) is 6.34 Å². The first-order valence-corrected chi connectivity index (χ1v) is 3.39. The first-order valence-electron chi connectivity index (χ1n) is 3.39. The summed E-state index contributed by atoms with van der Waals surface area (Å²) in [5.74, 6) is 0. The fourth-order valence-corrected chi connectivity index (χ4v) is 1.15. The van der Waals surface area contributed by atoms with Gasteiger partial charge in [-0.1, -0.05) is 0 Å². The maximum Gasteiger partial charge on any atom is 2.00 e. The quantitative estimate of drug-likeness (QED) is 0.395. The van der Waals surface area contributed by atoms with E-state index in [9.17, 15) is 0 Å². The zero-order valence-corrected chi connectivity index (χ0v) is 12.3. The van der Waals surface area contributed by atoms with Gasteiger partial charge in [-0.3, -0.25) is 5.32 Å². The number of hydrogen-bond donors (Lipinski definition) is 3. The summed E-state index contributed by atoms with van der Waals surface area (Å²) in [6.07, 6.45) is 3.59. The van der Waals surface area contributed by atoms with E-state index in [1.807, 2.05) is 6.20 Å². The number of aliphatic imine (C=N–C) groups is 1. The first-order chi connectivity index (χ1) is 4.97. The van der Waals surface area contributed by atoms with Crippen LogP contribution in [-0.4, -0.2) is 25.6 Å². The van der Waals surface area contributed by atoms with Crippen molar-refractivity contribution in [1.29, 1.82) is 0 Å². The van der Waals surface area contributed by atoms with Gasteiger partial charge in [-0.15, -0.1) is 0 Å². The molecule has 1 unspecified atom stereocenters. The Morgan fingerprint density at radius 1 is 1.42 bits per heavy atom. The molecule has 0 spiro atoms. The SMILES string of the molecule is C1=NC=C2NCNCC2N1.[W+2].[W+2]. The molecule has 1 fully saturated rings. The van der Waals surface area contributed by atoms with E-state index in [2.05, 4.69) is 20.9 Å². The maximum atomic E-state index is 3.97. The van der Waals surface area contributed by atoms with Gasteiger partial charge >= 0.3 is 42.1 Å². The third kappa shape index (κ3) is 2.69. The van der Waals surface area contributed by atoms with Gasteiger partial charge in [0.05, 0.1) is 24.7 Å². The summed E-state index contributed by atoms with van der Waals surface area (Å²) in [4.78, 5) is 3.97. The van der Waals surface area contributed by atoms with Crippen LogP contribution in [0, 0.1) is 0 Å². The van der Waals surface area contributed by atoms with Crippen LogP contribution >= 0.6 is 0 Å². The van der Waals surface area contributed by atoms with Crippen molar-refractivity contribution >= 4 is 6.34 Å². The third-order valence-electron chi connectivity index (χ3n) is 1.71. The van der Waals surface area contributed by atoms with Crippen molar-refractivity contribution in [1.82, 2.24) is 16.0 Å². The summed E-state index contributed by atoms with van der Waals surface area (Å²) in [5, 5.41) is 9.54. The Morgan fingerprint density at radius 2 is 2.25 bits per heavy atom. The molecule has 6 heteroatoms. The Balaban J connectivity index is 0.000000605. The molecule has 2 heterocycles. The maximum absolute atomic E-state index is 3.97. The van der Waals surface area contributed by atoms with Gasteiger partial charge < -0.3 is 10.6 Å². The van der Waals surface area contributed by atoms with Crippen molar-refractivity contribution in [3.63, 3.8) is 0 Å². The summed E-state index contributed by atoms with van der Waals surface area (Å²) in [6, 6.07) is 0.395. The fraction of sp³-hybridized carbons (Fsp3) is 0.500. The average Bonchev–Trinajstić information content (AvgIpc) is 2.05. The molecule has 0 aliphatic carbocycles. The summed E-state index contributed by atoms with van der Waals surface area (Å²) < 4.78 is 0. The monoisotopic (exact) mass is 506 g/mol. The van der Waals surface area contributed by atoms with Crippen LogP contribution in [0.25, 0.3) is 0 Å². The molecule has 0 bridgehead atoms. The van der Waals surface area contributed by atoms with Gasteiger partial charge in [0.25, 0.3) is 0 Å². The van der Waals surface area contributed by atoms with E-state index in [-0.39, 0.29) is 42.1 Å². The van der Waals surface area contributed by atoms with E-state index >= 15 is 0 Å². The van der Waals surface area contributed by atoms with Crippen molar-refractivity contribution in [3.8, 4) is 0 Å². The number of fused-ring (bicyclic) bond motifs is 1. The van der Waals surface area contributed by atoms with E-state index in [4.69, 9.17) is 0 Å². The van der Waals surface area contributed by atoms with E-state index in [0.29, 0.717) is 6.04 Å². The van der Waals surface area contributed by atoms with Crippen LogP contribution in [0.2, 0.25) is 0 Å². The Kier molecular flexibility index (Phi) is 6.07. The molecule has 12 heavy (non-hydrogen) atoms. The van der Waals surface area contributed by atoms with Crippen LogP contribution < -0.4 is 16.0 Å². The van der Waals surface area contributed by atoms with Crippen molar-refractivity contribution < 1.29 is 42.1 Å². The minimum absolute atomic E-state index is 0. The molecule has 0 aromatic carbocycles. The number of rotatable bonds is 0. The molecule has 2 aliphatic heterocycles. The van der Waals surface area contributed by atoms with Crippen LogP contribution in [0.4, 0.5) is 0 Å². The van der Waals surface area contributed by atoms with Crippen molar-refractivity contribution in [2.75, 3.05) is 13.2 Å². The zero-order valence-electron chi connectivity index (χ0n) is 6.41. The van der Waals surface area contributed by atoms with Gasteiger partial charge in [0.1, 0.15) is 0 Å².